The Morgan fingerprint density at radius 1 is 1.03 bits per heavy atom. The number of nitrogens with zero attached hydrogens (tertiary/aromatic N) is 2. The average molecular weight is 495 g/mol. The van der Waals surface area contributed by atoms with Crippen LogP contribution in [0.3, 0.4) is 0 Å². The Morgan fingerprint density at radius 2 is 1.59 bits per heavy atom. The van der Waals surface area contributed by atoms with Gasteiger partial charge in [-0.15, -0.1) is 0 Å². The quantitative estimate of drug-likeness (QED) is 0.171. The second-order valence-electron chi connectivity index (χ2n) is 7.03. The molecule has 13 heteroatoms. The molecular formula is C21H26N4O8S. The number of hydrogen-bond acceptors (Lipinski definition) is 8. The fourth-order valence-electron chi connectivity index (χ4n) is 2.32. The van der Waals surface area contributed by atoms with E-state index >= 15 is 0 Å². The van der Waals surface area contributed by atoms with Gasteiger partial charge in [0.1, 0.15) is 11.5 Å². The third-order valence-electron chi connectivity index (χ3n) is 3.70. The van der Waals surface area contributed by atoms with Gasteiger partial charge in [0, 0.05) is 26.6 Å². The molecule has 0 spiro atoms. The number of nitrogens with two attached hydrogens (primary N) is 2. The highest BCUT2D eigenvalue weighted by atomic mass is 32.2. The van der Waals surface area contributed by atoms with Gasteiger partial charge in [-0.2, -0.15) is 8.42 Å². The number of aliphatic imine (C=N–C) groups is 1. The standard InChI is InChI=1S/C20H22N4O5.CH4O3S/c1-12(25)28-17-9-8-16(10-14(17)11-18(26)24(2)3)29-19(27)13-4-6-15(7-5-13)23-20(21)22;1-5(2,3)4/h4-10H,11H2,1-3H3,(H4,21,22,23);1H3,(H,2,3,4). The van der Waals surface area contributed by atoms with Crippen molar-refractivity contribution in [3.63, 3.8) is 0 Å². The number of esters is 2. The molecule has 2 aromatic carbocycles. The Balaban J connectivity index is 0.00000104. The van der Waals surface area contributed by atoms with Crippen LogP contribution in [0.1, 0.15) is 22.8 Å². The van der Waals surface area contributed by atoms with Crippen LogP contribution in [0.5, 0.6) is 11.5 Å². The van der Waals surface area contributed by atoms with Gasteiger partial charge in [-0.3, -0.25) is 14.1 Å². The van der Waals surface area contributed by atoms with Gasteiger partial charge in [-0.25, -0.2) is 9.79 Å². The van der Waals surface area contributed by atoms with Crippen molar-refractivity contribution in [1.82, 2.24) is 4.90 Å². The maximum absolute atomic E-state index is 12.4. The molecule has 34 heavy (non-hydrogen) atoms. The number of guanidine groups is 1. The predicted molar refractivity (Wildman–Crippen MR) is 124 cm³/mol. The molecule has 5 N–H and O–H groups in total. The molecule has 0 saturated carbocycles. The van der Waals surface area contributed by atoms with Crippen LogP contribution < -0.4 is 20.9 Å². The Morgan fingerprint density at radius 3 is 2.06 bits per heavy atom. The van der Waals surface area contributed by atoms with Gasteiger partial charge < -0.3 is 25.8 Å². The molecule has 0 saturated heterocycles. The highest BCUT2D eigenvalue weighted by Gasteiger charge is 2.16. The van der Waals surface area contributed by atoms with Gasteiger partial charge in [0.2, 0.25) is 5.91 Å². The molecule has 0 bridgehead atoms. The lowest BCUT2D eigenvalue weighted by Gasteiger charge is -2.14. The number of rotatable bonds is 6. The van der Waals surface area contributed by atoms with E-state index in [1.165, 1.54) is 42.2 Å². The van der Waals surface area contributed by atoms with Crippen molar-refractivity contribution < 1.29 is 36.8 Å². The number of benzene rings is 2. The minimum Gasteiger partial charge on any atom is -0.426 e. The Hall–Kier alpha value is -3.97. The summed E-state index contributed by atoms with van der Waals surface area (Å²) >= 11 is 0. The Kier molecular flexibility index (Phi) is 10.2. The predicted octanol–water partition coefficient (Wildman–Crippen LogP) is 0.871. The van der Waals surface area contributed by atoms with Crippen molar-refractivity contribution >= 4 is 39.6 Å². The zero-order valence-electron chi connectivity index (χ0n) is 19.0. The van der Waals surface area contributed by atoms with Crippen LogP contribution in [0.2, 0.25) is 0 Å². The summed E-state index contributed by atoms with van der Waals surface area (Å²) in [4.78, 5) is 41.0. The SMILES string of the molecule is CC(=O)Oc1ccc(OC(=O)c2ccc(N=C(N)N)cc2)cc1CC(=O)N(C)C.CS(=O)(=O)O. The van der Waals surface area contributed by atoms with Crippen LogP contribution in [-0.4, -0.2) is 62.0 Å². The van der Waals surface area contributed by atoms with Crippen LogP contribution in [0.4, 0.5) is 5.69 Å². The minimum atomic E-state index is -3.67. The van der Waals surface area contributed by atoms with Crippen molar-refractivity contribution in [2.45, 2.75) is 13.3 Å². The molecule has 0 fully saturated rings. The summed E-state index contributed by atoms with van der Waals surface area (Å²) in [5.41, 5.74) is 11.8. The van der Waals surface area contributed by atoms with Crippen LogP contribution in [0.15, 0.2) is 47.5 Å². The lowest BCUT2D eigenvalue weighted by molar-refractivity contribution is -0.132. The molecule has 2 rings (SSSR count). The van der Waals surface area contributed by atoms with E-state index in [9.17, 15) is 22.8 Å². The second-order valence-corrected chi connectivity index (χ2v) is 8.50. The minimum absolute atomic E-state index is 0.0196. The average Bonchev–Trinajstić information content (AvgIpc) is 2.68. The lowest BCUT2D eigenvalue weighted by Crippen LogP contribution is -2.24. The molecule has 0 unspecified atom stereocenters. The molecule has 0 radical (unpaired) electrons. The van der Waals surface area contributed by atoms with E-state index in [0.29, 0.717) is 17.5 Å². The van der Waals surface area contributed by atoms with Crippen molar-refractivity contribution in [1.29, 1.82) is 0 Å². The molecule has 12 nitrogen and oxygen atoms in total. The van der Waals surface area contributed by atoms with Crippen molar-refractivity contribution in [3.8, 4) is 11.5 Å². The number of carbonyl (C=O) groups excluding carboxylic acids is 3. The van der Waals surface area contributed by atoms with Gasteiger partial charge in [0.25, 0.3) is 10.1 Å². The first-order chi connectivity index (χ1) is 15.7. The summed E-state index contributed by atoms with van der Waals surface area (Å²) in [5, 5.41) is 0. The Bertz CT molecular complexity index is 1160. The molecule has 184 valence electrons. The van der Waals surface area contributed by atoms with E-state index in [1.807, 2.05) is 0 Å². The molecule has 0 aliphatic rings. The zero-order chi connectivity index (χ0) is 26.1. The van der Waals surface area contributed by atoms with E-state index < -0.39 is 22.1 Å². The van der Waals surface area contributed by atoms with Crippen molar-refractivity contribution in [3.05, 3.63) is 53.6 Å². The largest absolute Gasteiger partial charge is 0.426 e. The summed E-state index contributed by atoms with van der Waals surface area (Å²) < 4.78 is 36.4. The maximum Gasteiger partial charge on any atom is 0.343 e. The molecule has 1 amide bonds. The van der Waals surface area contributed by atoms with Crippen LogP contribution in [0, 0.1) is 0 Å². The van der Waals surface area contributed by atoms with Gasteiger partial charge in [0.05, 0.1) is 23.9 Å². The third-order valence-corrected chi connectivity index (χ3v) is 3.70. The summed E-state index contributed by atoms with van der Waals surface area (Å²) in [5.74, 6) is -0.972. The van der Waals surface area contributed by atoms with Gasteiger partial charge in [-0.05, 0) is 42.5 Å². The molecular weight excluding hydrogens is 468 g/mol. The number of amides is 1. The summed E-state index contributed by atoms with van der Waals surface area (Å²) in [6.45, 7) is 1.26. The number of hydrogen-bond donors (Lipinski definition) is 3. The number of carbonyl (C=O) groups is 3. The lowest BCUT2D eigenvalue weighted by atomic mass is 10.1. The van der Waals surface area contributed by atoms with Crippen molar-refractivity contribution in [2.24, 2.45) is 16.5 Å². The summed E-state index contributed by atoms with van der Waals surface area (Å²) in [7, 11) is -0.437. The van der Waals surface area contributed by atoms with E-state index in [2.05, 4.69) is 4.99 Å². The first-order valence-electron chi connectivity index (χ1n) is 9.51. The second kappa shape index (κ2) is 12.3. The number of ether oxygens (including phenoxy) is 2. The summed E-state index contributed by atoms with van der Waals surface area (Å²) in [6.07, 6.45) is 0.696. The fraction of sp³-hybridized carbons (Fsp3) is 0.238. The van der Waals surface area contributed by atoms with E-state index in [-0.39, 0.29) is 35.4 Å². The monoisotopic (exact) mass is 494 g/mol. The van der Waals surface area contributed by atoms with Gasteiger partial charge >= 0.3 is 11.9 Å². The first kappa shape index (κ1) is 28.1. The highest BCUT2D eigenvalue weighted by molar-refractivity contribution is 7.85. The Labute approximate surface area is 196 Å². The molecule has 0 heterocycles. The molecule has 2 aromatic rings. The molecule has 0 aliphatic carbocycles. The summed E-state index contributed by atoms with van der Waals surface area (Å²) in [6, 6.07) is 10.6. The zero-order valence-corrected chi connectivity index (χ0v) is 19.8. The maximum atomic E-state index is 12.4. The van der Waals surface area contributed by atoms with E-state index in [0.717, 1.165) is 0 Å². The topological polar surface area (TPSA) is 192 Å². The van der Waals surface area contributed by atoms with Gasteiger partial charge in [-0.1, -0.05) is 0 Å². The molecule has 0 aromatic heterocycles. The smallest absolute Gasteiger partial charge is 0.343 e. The van der Waals surface area contributed by atoms with Gasteiger partial charge in [0.15, 0.2) is 5.96 Å². The third kappa shape index (κ3) is 11.1. The first-order valence-corrected chi connectivity index (χ1v) is 11.4. The molecule has 0 atom stereocenters. The van der Waals surface area contributed by atoms with Crippen LogP contribution >= 0.6 is 0 Å². The van der Waals surface area contributed by atoms with E-state index in [4.69, 9.17) is 25.5 Å². The normalized spacial score (nSPS) is 10.3. The van der Waals surface area contributed by atoms with Crippen LogP contribution in [-0.2, 0) is 26.1 Å². The highest BCUT2D eigenvalue weighted by Crippen LogP contribution is 2.26. The van der Waals surface area contributed by atoms with Crippen LogP contribution in [0.25, 0.3) is 0 Å². The van der Waals surface area contributed by atoms with E-state index in [1.54, 1.807) is 26.2 Å². The fourth-order valence-corrected chi connectivity index (χ4v) is 2.32. The van der Waals surface area contributed by atoms with Crippen molar-refractivity contribution in [2.75, 3.05) is 20.4 Å². The molecule has 0 aliphatic heterocycles. The number of likely N-dealkylation sites (N-methyl/N-ethyl adjacent to an activating group) is 1.